The van der Waals surface area contributed by atoms with Crippen LogP contribution in [-0.4, -0.2) is 30.1 Å². The number of halogens is 3. The number of alkyl halides is 3. The van der Waals surface area contributed by atoms with E-state index in [1.165, 1.54) is 0 Å². The maximum absolute atomic E-state index is 11.8. The Morgan fingerprint density at radius 1 is 1.25 bits per heavy atom. The molecule has 0 aromatic heterocycles. The molecule has 1 aliphatic rings. The normalized spacial score (nSPS) is 31.0. The second-order valence-electron chi connectivity index (χ2n) is 2.96. The summed E-state index contributed by atoms with van der Waals surface area (Å²) in [5.41, 5.74) is 0. The van der Waals surface area contributed by atoms with Gasteiger partial charge in [-0.1, -0.05) is 0 Å². The van der Waals surface area contributed by atoms with Crippen molar-refractivity contribution in [2.45, 2.75) is 37.6 Å². The summed E-state index contributed by atoms with van der Waals surface area (Å²) in [6.07, 6.45) is -5.28. The molecule has 1 N–H and O–H groups in total. The number of hydrogen-bond donors (Lipinski definition) is 1. The molecule has 12 heavy (non-hydrogen) atoms. The van der Waals surface area contributed by atoms with Crippen LogP contribution >= 0.6 is 0 Å². The first-order valence-electron chi connectivity index (χ1n) is 3.84. The molecule has 2 nitrogen and oxygen atoms in total. The smallest absolute Gasteiger partial charge is 0.391 e. The number of hydrogen-bond acceptors (Lipinski definition) is 2. The molecule has 0 aromatic carbocycles. The molecule has 0 saturated carbocycles. The molecule has 1 heterocycles. The Morgan fingerprint density at radius 2 is 1.83 bits per heavy atom. The van der Waals surface area contributed by atoms with Crippen LogP contribution < -0.4 is 0 Å². The van der Waals surface area contributed by atoms with Crippen molar-refractivity contribution in [1.29, 1.82) is 0 Å². The van der Waals surface area contributed by atoms with Crippen molar-refractivity contribution in [1.82, 2.24) is 0 Å². The highest BCUT2D eigenvalue weighted by molar-refractivity contribution is 4.75. The third-order valence-electron chi connectivity index (χ3n) is 1.86. The van der Waals surface area contributed by atoms with E-state index in [9.17, 15) is 13.2 Å². The highest BCUT2D eigenvalue weighted by atomic mass is 19.4. The van der Waals surface area contributed by atoms with Crippen LogP contribution in [0.2, 0.25) is 0 Å². The molecular weight excluding hydrogens is 173 g/mol. The van der Waals surface area contributed by atoms with Gasteiger partial charge in [0.1, 0.15) is 0 Å². The number of ether oxygens (including phenoxy) is 1. The SMILES string of the molecule is OCC1CCC(CC(F)(F)F)O1. The Kier molecular flexibility index (Phi) is 2.95. The van der Waals surface area contributed by atoms with Gasteiger partial charge >= 0.3 is 6.18 Å². The van der Waals surface area contributed by atoms with E-state index in [1.807, 2.05) is 0 Å². The molecule has 0 spiro atoms. The lowest BCUT2D eigenvalue weighted by molar-refractivity contribution is -0.159. The van der Waals surface area contributed by atoms with Gasteiger partial charge in [0.25, 0.3) is 0 Å². The number of aliphatic hydroxyl groups excluding tert-OH is 1. The Labute approximate surface area is 68.3 Å². The molecular formula is C7H11F3O2. The highest BCUT2D eigenvalue weighted by Gasteiger charge is 2.36. The molecule has 0 aromatic rings. The third-order valence-corrected chi connectivity index (χ3v) is 1.86. The van der Waals surface area contributed by atoms with Crippen LogP contribution in [0.5, 0.6) is 0 Å². The Morgan fingerprint density at radius 3 is 2.25 bits per heavy atom. The summed E-state index contributed by atoms with van der Waals surface area (Å²) in [6, 6.07) is 0. The van der Waals surface area contributed by atoms with Crippen molar-refractivity contribution in [3.63, 3.8) is 0 Å². The topological polar surface area (TPSA) is 29.5 Å². The van der Waals surface area contributed by atoms with Gasteiger partial charge in [0.15, 0.2) is 0 Å². The molecule has 1 saturated heterocycles. The first-order chi connectivity index (χ1) is 5.51. The lowest BCUT2D eigenvalue weighted by Gasteiger charge is -2.13. The number of aliphatic hydroxyl groups is 1. The minimum atomic E-state index is -4.16. The van der Waals surface area contributed by atoms with Crippen molar-refractivity contribution in [3.8, 4) is 0 Å². The first-order valence-corrected chi connectivity index (χ1v) is 3.84. The largest absolute Gasteiger partial charge is 0.394 e. The second-order valence-corrected chi connectivity index (χ2v) is 2.96. The van der Waals surface area contributed by atoms with Gasteiger partial charge in [0, 0.05) is 0 Å². The molecule has 1 aliphatic heterocycles. The Balaban J connectivity index is 2.28. The first kappa shape index (κ1) is 9.80. The van der Waals surface area contributed by atoms with Gasteiger partial charge in [0.2, 0.25) is 0 Å². The maximum atomic E-state index is 11.8. The zero-order chi connectivity index (χ0) is 9.19. The Hall–Kier alpha value is -0.290. The summed E-state index contributed by atoms with van der Waals surface area (Å²) in [5.74, 6) is 0. The van der Waals surface area contributed by atoms with Crippen LogP contribution in [0.4, 0.5) is 13.2 Å². The van der Waals surface area contributed by atoms with Crippen molar-refractivity contribution in [3.05, 3.63) is 0 Å². The predicted octanol–water partition coefficient (Wildman–Crippen LogP) is 1.48. The lowest BCUT2D eigenvalue weighted by Crippen LogP contribution is -2.21. The summed E-state index contributed by atoms with van der Waals surface area (Å²) in [5, 5.41) is 8.58. The van der Waals surface area contributed by atoms with E-state index in [0.29, 0.717) is 12.8 Å². The molecule has 72 valence electrons. The van der Waals surface area contributed by atoms with Crippen LogP contribution in [0.15, 0.2) is 0 Å². The van der Waals surface area contributed by atoms with E-state index in [0.717, 1.165) is 0 Å². The van der Waals surface area contributed by atoms with E-state index in [1.54, 1.807) is 0 Å². The van der Waals surface area contributed by atoms with Gasteiger partial charge in [-0.05, 0) is 12.8 Å². The molecule has 0 aliphatic carbocycles. The van der Waals surface area contributed by atoms with Crippen LogP contribution in [-0.2, 0) is 4.74 Å². The summed E-state index contributed by atoms with van der Waals surface area (Å²) < 4.78 is 40.3. The predicted molar refractivity (Wildman–Crippen MR) is 35.7 cm³/mol. The molecule has 2 unspecified atom stereocenters. The van der Waals surface area contributed by atoms with Crippen LogP contribution in [0.25, 0.3) is 0 Å². The van der Waals surface area contributed by atoms with Gasteiger partial charge in [-0.3, -0.25) is 0 Å². The summed E-state index contributed by atoms with van der Waals surface area (Å²) >= 11 is 0. The van der Waals surface area contributed by atoms with Crippen molar-refractivity contribution >= 4 is 0 Å². The van der Waals surface area contributed by atoms with E-state index in [2.05, 4.69) is 0 Å². The second kappa shape index (κ2) is 3.62. The van der Waals surface area contributed by atoms with Crippen molar-refractivity contribution in [2.75, 3.05) is 6.61 Å². The molecule has 0 bridgehead atoms. The fourth-order valence-corrected chi connectivity index (χ4v) is 1.32. The number of rotatable bonds is 2. The average molecular weight is 184 g/mol. The molecule has 1 rings (SSSR count). The molecule has 0 radical (unpaired) electrons. The van der Waals surface area contributed by atoms with E-state index >= 15 is 0 Å². The highest BCUT2D eigenvalue weighted by Crippen LogP contribution is 2.30. The summed E-state index contributed by atoms with van der Waals surface area (Å²) in [7, 11) is 0. The molecule has 2 atom stereocenters. The van der Waals surface area contributed by atoms with Gasteiger partial charge in [-0.2, -0.15) is 13.2 Å². The zero-order valence-electron chi connectivity index (χ0n) is 6.47. The summed E-state index contributed by atoms with van der Waals surface area (Å²) in [4.78, 5) is 0. The standard InChI is InChI=1S/C7H11F3O2/c8-7(9,10)3-5-1-2-6(4-11)12-5/h5-6,11H,1-4H2. The van der Waals surface area contributed by atoms with Gasteiger partial charge in [0.05, 0.1) is 25.2 Å². The van der Waals surface area contributed by atoms with Gasteiger partial charge in [-0.25, -0.2) is 0 Å². The van der Waals surface area contributed by atoms with Gasteiger partial charge in [-0.15, -0.1) is 0 Å². The van der Waals surface area contributed by atoms with Crippen molar-refractivity contribution < 1.29 is 23.0 Å². The van der Waals surface area contributed by atoms with Crippen LogP contribution in [0.1, 0.15) is 19.3 Å². The minimum Gasteiger partial charge on any atom is -0.394 e. The molecule has 0 amide bonds. The van der Waals surface area contributed by atoms with E-state index in [-0.39, 0.29) is 6.61 Å². The summed E-state index contributed by atoms with van der Waals surface area (Å²) in [6.45, 7) is -0.186. The van der Waals surface area contributed by atoms with E-state index < -0.39 is 24.8 Å². The zero-order valence-corrected chi connectivity index (χ0v) is 6.47. The van der Waals surface area contributed by atoms with Crippen LogP contribution in [0.3, 0.4) is 0 Å². The third kappa shape index (κ3) is 2.98. The fourth-order valence-electron chi connectivity index (χ4n) is 1.32. The quantitative estimate of drug-likeness (QED) is 0.704. The molecule has 1 fully saturated rings. The lowest BCUT2D eigenvalue weighted by atomic mass is 10.1. The van der Waals surface area contributed by atoms with E-state index in [4.69, 9.17) is 9.84 Å². The molecule has 5 heteroatoms. The maximum Gasteiger partial charge on any atom is 0.391 e. The van der Waals surface area contributed by atoms with Crippen LogP contribution in [0, 0.1) is 0 Å². The average Bonchev–Trinajstić information content (AvgIpc) is 2.32. The van der Waals surface area contributed by atoms with Gasteiger partial charge < -0.3 is 9.84 Å². The van der Waals surface area contributed by atoms with Crippen molar-refractivity contribution in [2.24, 2.45) is 0 Å². The minimum absolute atomic E-state index is 0.186. The fraction of sp³-hybridized carbons (Fsp3) is 1.00. The Bertz CT molecular complexity index is 146. The monoisotopic (exact) mass is 184 g/mol.